The van der Waals surface area contributed by atoms with Crippen LogP contribution in [0.5, 0.6) is 0 Å². The molecule has 4 rings (SSSR count). The van der Waals surface area contributed by atoms with Gasteiger partial charge in [-0.1, -0.05) is 54.6 Å². The van der Waals surface area contributed by atoms with Crippen LogP contribution in [-0.4, -0.2) is 47.8 Å². The molecule has 27 heavy (non-hydrogen) atoms. The van der Waals surface area contributed by atoms with Crippen molar-refractivity contribution in [3.8, 4) is 0 Å². The first-order valence-corrected chi connectivity index (χ1v) is 9.27. The van der Waals surface area contributed by atoms with Crippen molar-refractivity contribution in [3.63, 3.8) is 0 Å². The van der Waals surface area contributed by atoms with E-state index in [2.05, 4.69) is 0 Å². The van der Waals surface area contributed by atoms with E-state index >= 15 is 0 Å². The number of fused-ring (bicyclic) bond motifs is 1. The Morgan fingerprint density at radius 1 is 0.667 bits per heavy atom. The van der Waals surface area contributed by atoms with Crippen LogP contribution in [0.3, 0.4) is 0 Å². The first kappa shape index (κ1) is 17.3. The summed E-state index contributed by atoms with van der Waals surface area (Å²) in [6.07, 6.45) is 0. The highest BCUT2D eigenvalue weighted by molar-refractivity contribution is 6.07. The minimum absolute atomic E-state index is 0.0368. The van der Waals surface area contributed by atoms with E-state index in [0.717, 1.165) is 27.5 Å². The third kappa shape index (κ3) is 3.31. The van der Waals surface area contributed by atoms with E-state index in [1.807, 2.05) is 83.5 Å². The smallest absolute Gasteiger partial charge is 0.254 e. The molecule has 1 saturated heterocycles. The number of aryl methyl sites for hydroxylation is 1. The third-order valence-corrected chi connectivity index (χ3v) is 5.25. The lowest BCUT2D eigenvalue weighted by atomic mass is 10.0. The lowest BCUT2D eigenvalue weighted by molar-refractivity contribution is 0.0536. The van der Waals surface area contributed by atoms with Crippen LogP contribution in [0.15, 0.2) is 66.7 Å². The Labute approximate surface area is 159 Å². The van der Waals surface area contributed by atoms with Crippen LogP contribution in [0.4, 0.5) is 0 Å². The zero-order chi connectivity index (χ0) is 18.8. The Hall–Kier alpha value is -3.14. The van der Waals surface area contributed by atoms with Crippen molar-refractivity contribution in [3.05, 3.63) is 83.4 Å². The van der Waals surface area contributed by atoms with Gasteiger partial charge in [-0.05, 0) is 35.4 Å². The fourth-order valence-corrected chi connectivity index (χ4v) is 3.68. The maximum Gasteiger partial charge on any atom is 0.254 e. The second-order valence-electron chi connectivity index (χ2n) is 6.93. The SMILES string of the molecule is Cc1ccccc1C(=O)N1CCN(C(=O)c2cccc3ccccc23)CC1. The normalized spacial score (nSPS) is 14.4. The number of hydrogen-bond donors (Lipinski definition) is 0. The van der Waals surface area contributed by atoms with Gasteiger partial charge in [-0.15, -0.1) is 0 Å². The number of nitrogens with zero attached hydrogens (tertiary/aromatic N) is 2. The molecule has 136 valence electrons. The van der Waals surface area contributed by atoms with Crippen LogP contribution in [0.25, 0.3) is 10.8 Å². The van der Waals surface area contributed by atoms with Crippen LogP contribution >= 0.6 is 0 Å². The lowest BCUT2D eigenvalue weighted by Crippen LogP contribution is -2.50. The van der Waals surface area contributed by atoms with Gasteiger partial charge in [0.2, 0.25) is 0 Å². The average molecular weight is 358 g/mol. The summed E-state index contributed by atoms with van der Waals surface area (Å²) in [5.41, 5.74) is 2.45. The summed E-state index contributed by atoms with van der Waals surface area (Å²) in [5.74, 6) is 0.0835. The molecule has 0 bridgehead atoms. The monoisotopic (exact) mass is 358 g/mol. The highest BCUT2D eigenvalue weighted by Crippen LogP contribution is 2.21. The molecule has 1 heterocycles. The molecule has 0 unspecified atom stereocenters. The molecule has 0 aliphatic carbocycles. The number of carbonyl (C=O) groups excluding carboxylic acids is 2. The van der Waals surface area contributed by atoms with Crippen LogP contribution in [0.1, 0.15) is 26.3 Å². The van der Waals surface area contributed by atoms with Gasteiger partial charge in [-0.25, -0.2) is 0 Å². The van der Waals surface area contributed by atoms with Gasteiger partial charge in [-0.2, -0.15) is 0 Å². The Morgan fingerprint density at radius 2 is 1.19 bits per heavy atom. The van der Waals surface area contributed by atoms with Gasteiger partial charge in [0.25, 0.3) is 11.8 Å². The van der Waals surface area contributed by atoms with Gasteiger partial charge < -0.3 is 9.80 Å². The minimum Gasteiger partial charge on any atom is -0.335 e. The third-order valence-electron chi connectivity index (χ3n) is 5.25. The maximum absolute atomic E-state index is 13.0. The van der Waals surface area contributed by atoms with Crippen LogP contribution in [0, 0.1) is 6.92 Å². The molecule has 0 spiro atoms. The van der Waals surface area contributed by atoms with E-state index in [0.29, 0.717) is 26.2 Å². The van der Waals surface area contributed by atoms with E-state index in [9.17, 15) is 9.59 Å². The molecule has 0 atom stereocenters. The molecular formula is C23H22N2O2. The number of amides is 2. The summed E-state index contributed by atoms with van der Waals surface area (Å²) in [6, 6.07) is 21.4. The molecule has 0 radical (unpaired) electrons. The number of carbonyl (C=O) groups is 2. The Kier molecular flexibility index (Phi) is 4.63. The van der Waals surface area contributed by atoms with Crippen molar-refractivity contribution in [2.75, 3.05) is 26.2 Å². The second-order valence-corrected chi connectivity index (χ2v) is 6.93. The van der Waals surface area contributed by atoms with Crippen molar-refractivity contribution in [2.45, 2.75) is 6.92 Å². The van der Waals surface area contributed by atoms with Gasteiger partial charge in [-0.3, -0.25) is 9.59 Å². The first-order valence-electron chi connectivity index (χ1n) is 9.27. The van der Waals surface area contributed by atoms with E-state index in [1.165, 1.54) is 0 Å². The highest BCUT2D eigenvalue weighted by Gasteiger charge is 2.26. The lowest BCUT2D eigenvalue weighted by Gasteiger charge is -2.35. The van der Waals surface area contributed by atoms with Crippen LogP contribution in [-0.2, 0) is 0 Å². The van der Waals surface area contributed by atoms with Crippen molar-refractivity contribution >= 4 is 22.6 Å². The minimum atomic E-state index is 0.0368. The summed E-state index contributed by atoms with van der Waals surface area (Å²) in [7, 11) is 0. The number of piperazine rings is 1. The summed E-state index contributed by atoms with van der Waals surface area (Å²) in [6.45, 7) is 4.18. The molecular weight excluding hydrogens is 336 g/mol. The molecule has 4 heteroatoms. The second kappa shape index (κ2) is 7.23. The summed E-state index contributed by atoms with van der Waals surface area (Å²) >= 11 is 0. The molecule has 4 nitrogen and oxygen atoms in total. The van der Waals surface area contributed by atoms with Crippen molar-refractivity contribution in [1.29, 1.82) is 0 Å². The molecule has 0 saturated carbocycles. The van der Waals surface area contributed by atoms with Gasteiger partial charge in [0.15, 0.2) is 0 Å². The number of benzene rings is 3. The van der Waals surface area contributed by atoms with Crippen LogP contribution in [0.2, 0.25) is 0 Å². The first-order chi connectivity index (χ1) is 13.1. The average Bonchev–Trinajstić information content (AvgIpc) is 2.73. The summed E-state index contributed by atoms with van der Waals surface area (Å²) < 4.78 is 0. The predicted octanol–water partition coefficient (Wildman–Crippen LogP) is 3.75. The number of rotatable bonds is 2. The fraction of sp³-hybridized carbons (Fsp3) is 0.217. The molecule has 0 aromatic heterocycles. The maximum atomic E-state index is 13.0. The topological polar surface area (TPSA) is 40.6 Å². The van der Waals surface area contributed by atoms with Gasteiger partial charge in [0.05, 0.1) is 0 Å². The van der Waals surface area contributed by atoms with Gasteiger partial charge in [0.1, 0.15) is 0 Å². The fourth-order valence-electron chi connectivity index (χ4n) is 3.68. The molecule has 1 aliphatic heterocycles. The van der Waals surface area contributed by atoms with E-state index in [1.54, 1.807) is 0 Å². The molecule has 3 aromatic rings. The highest BCUT2D eigenvalue weighted by atomic mass is 16.2. The molecule has 0 N–H and O–H groups in total. The molecule has 3 aromatic carbocycles. The van der Waals surface area contributed by atoms with E-state index in [-0.39, 0.29) is 11.8 Å². The summed E-state index contributed by atoms with van der Waals surface area (Å²) in [5, 5.41) is 2.04. The quantitative estimate of drug-likeness (QED) is 0.700. The standard InChI is InChI=1S/C23H22N2O2/c1-17-7-2-4-10-19(17)22(26)24-13-15-25(16-14-24)23(27)21-12-6-9-18-8-3-5-11-20(18)21/h2-12H,13-16H2,1H3. The van der Waals surface area contributed by atoms with Gasteiger partial charge >= 0.3 is 0 Å². The Bertz CT molecular complexity index is 999. The van der Waals surface area contributed by atoms with Gasteiger partial charge in [0, 0.05) is 37.3 Å². The largest absolute Gasteiger partial charge is 0.335 e. The summed E-state index contributed by atoms with van der Waals surface area (Å²) in [4.78, 5) is 29.5. The Balaban J connectivity index is 1.48. The van der Waals surface area contributed by atoms with E-state index in [4.69, 9.17) is 0 Å². The van der Waals surface area contributed by atoms with Crippen LogP contribution < -0.4 is 0 Å². The number of hydrogen-bond acceptors (Lipinski definition) is 2. The van der Waals surface area contributed by atoms with E-state index < -0.39 is 0 Å². The zero-order valence-corrected chi connectivity index (χ0v) is 15.4. The zero-order valence-electron chi connectivity index (χ0n) is 15.4. The molecule has 1 aliphatic rings. The molecule has 1 fully saturated rings. The van der Waals surface area contributed by atoms with Crippen molar-refractivity contribution in [1.82, 2.24) is 9.80 Å². The Morgan fingerprint density at radius 3 is 1.89 bits per heavy atom. The predicted molar refractivity (Wildman–Crippen MR) is 107 cm³/mol. The molecule has 2 amide bonds. The van der Waals surface area contributed by atoms with Crippen molar-refractivity contribution < 1.29 is 9.59 Å². The van der Waals surface area contributed by atoms with Crippen molar-refractivity contribution in [2.24, 2.45) is 0 Å².